The molecule has 0 aliphatic carbocycles. The third kappa shape index (κ3) is 3.98. The van der Waals surface area contributed by atoms with Crippen molar-refractivity contribution in [2.75, 3.05) is 26.7 Å². The third-order valence-corrected chi connectivity index (χ3v) is 3.12. The zero-order chi connectivity index (χ0) is 13.7. The summed E-state index contributed by atoms with van der Waals surface area (Å²) in [5.41, 5.74) is 0. The predicted molar refractivity (Wildman–Crippen MR) is 70.7 cm³/mol. The second-order valence-corrected chi connectivity index (χ2v) is 4.75. The molecule has 1 aliphatic rings. The highest BCUT2D eigenvalue weighted by molar-refractivity contribution is 5.79. The quantitative estimate of drug-likeness (QED) is 0.848. The lowest BCUT2D eigenvalue weighted by Crippen LogP contribution is -2.33. The van der Waals surface area contributed by atoms with Gasteiger partial charge in [0.15, 0.2) is 6.61 Å². The molecule has 1 aromatic rings. The molecule has 19 heavy (non-hydrogen) atoms. The van der Waals surface area contributed by atoms with Crippen molar-refractivity contribution in [3.05, 3.63) is 30.3 Å². The number of carbonyl (C=O) groups is 2. The van der Waals surface area contributed by atoms with Gasteiger partial charge in [-0.2, -0.15) is 0 Å². The van der Waals surface area contributed by atoms with E-state index in [1.807, 2.05) is 18.2 Å². The van der Waals surface area contributed by atoms with Gasteiger partial charge in [0.1, 0.15) is 5.75 Å². The van der Waals surface area contributed by atoms with Crippen LogP contribution >= 0.6 is 0 Å². The SMILES string of the molecule is CN1CC(CNC(=O)COc2ccccc2)CC1=O. The van der Waals surface area contributed by atoms with Crippen LogP contribution in [0.3, 0.4) is 0 Å². The zero-order valence-electron chi connectivity index (χ0n) is 11.0. The minimum absolute atomic E-state index is 0.000515. The third-order valence-electron chi connectivity index (χ3n) is 3.12. The number of likely N-dealkylation sites (tertiary alicyclic amines) is 1. The van der Waals surface area contributed by atoms with E-state index in [1.54, 1.807) is 24.1 Å². The molecule has 1 heterocycles. The first kappa shape index (κ1) is 13.4. The summed E-state index contributed by atoms with van der Waals surface area (Å²) in [5, 5.41) is 2.79. The number of benzene rings is 1. The van der Waals surface area contributed by atoms with Gasteiger partial charge in [-0.1, -0.05) is 18.2 Å². The number of rotatable bonds is 5. The Morgan fingerprint density at radius 3 is 2.79 bits per heavy atom. The number of nitrogens with one attached hydrogen (secondary N) is 1. The number of para-hydroxylation sites is 1. The van der Waals surface area contributed by atoms with E-state index < -0.39 is 0 Å². The molecule has 5 nitrogen and oxygen atoms in total. The molecule has 1 aromatic carbocycles. The maximum Gasteiger partial charge on any atom is 0.257 e. The predicted octanol–water partition coefficient (Wildman–Crippen LogP) is 0.660. The van der Waals surface area contributed by atoms with E-state index in [2.05, 4.69) is 5.32 Å². The average Bonchev–Trinajstić information content (AvgIpc) is 2.74. The summed E-state index contributed by atoms with van der Waals surface area (Å²) >= 11 is 0. The Morgan fingerprint density at radius 1 is 1.42 bits per heavy atom. The fraction of sp³-hybridized carbons (Fsp3) is 0.429. The van der Waals surface area contributed by atoms with E-state index in [4.69, 9.17) is 4.74 Å². The van der Waals surface area contributed by atoms with Crippen molar-refractivity contribution in [3.63, 3.8) is 0 Å². The topological polar surface area (TPSA) is 58.6 Å². The Bertz CT molecular complexity index is 447. The highest BCUT2D eigenvalue weighted by Crippen LogP contribution is 2.14. The monoisotopic (exact) mass is 262 g/mol. The van der Waals surface area contributed by atoms with E-state index in [0.29, 0.717) is 25.3 Å². The van der Waals surface area contributed by atoms with Gasteiger partial charge in [0.05, 0.1) is 0 Å². The van der Waals surface area contributed by atoms with Gasteiger partial charge in [0.25, 0.3) is 5.91 Å². The normalized spacial score (nSPS) is 18.5. The maximum atomic E-state index is 11.6. The first-order chi connectivity index (χ1) is 9.15. The molecule has 1 N–H and O–H groups in total. The Balaban J connectivity index is 1.67. The van der Waals surface area contributed by atoms with Crippen LogP contribution in [0, 0.1) is 5.92 Å². The summed E-state index contributed by atoms with van der Waals surface area (Å²) in [4.78, 5) is 24.6. The van der Waals surface area contributed by atoms with E-state index in [-0.39, 0.29) is 24.3 Å². The molecule has 2 amide bonds. The van der Waals surface area contributed by atoms with Crippen molar-refractivity contribution in [1.82, 2.24) is 10.2 Å². The van der Waals surface area contributed by atoms with Gasteiger partial charge < -0.3 is 15.0 Å². The van der Waals surface area contributed by atoms with Crippen molar-refractivity contribution in [2.24, 2.45) is 5.92 Å². The van der Waals surface area contributed by atoms with Gasteiger partial charge >= 0.3 is 0 Å². The number of hydrogen-bond acceptors (Lipinski definition) is 3. The van der Waals surface area contributed by atoms with E-state index in [9.17, 15) is 9.59 Å². The molecule has 1 aliphatic heterocycles. The number of amides is 2. The van der Waals surface area contributed by atoms with Gasteiger partial charge in [-0.3, -0.25) is 9.59 Å². The van der Waals surface area contributed by atoms with Gasteiger partial charge in [-0.15, -0.1) is 0 Å². The Labute approximate surface area is 112 Å². The van der Waals surface area contributed by atoms with E-state index in [1.165, 1.54) is 0 Å². The molecule has 0 aromatic heterocycles. The van der Waals surface area contributed by atoms with Crippen molar-refractivity contribution >= 4 is 11.8 Å². The summed E-state index contributed by atoms with van der Waals surface area (Å²) in [7, 11) is 1.78. The van der Waals surface area contributed by atoms with Crippen molar-refractivity contribution < 1.29 is 14.3 Å². The van der Waals surface area contributed by atoms with Gasteiger partial charge in [0, 0.05) is 32.5 Å². The minimum Gasteiger partial charge on any atom is -0.484 e. The summed E-state index contributed by atoms with van der Waals surface area (Å²) in [5.74, 6) is 0.859. The number of ether oxygens (including phenoxy) is 1. The molecule has 1 atom stereocenters. The van der Waals surface area contributed by atoms with Crippen LogP contribution < -0.4 is 10.1 Å². The standard InChI is InChI=1S/C14H18N2O3/c1-16-9-11(7-14(16)18)8-15-13(17)10-19-12-5-3-2-4-6-12/h2-6,11H,7-10H2,1H3,(H,15,17). The lowest BCUT2D eigenvalue weighted by atomic mass is 10.1. The second kappa shape index (κ2) is 6.22. The first-order valence-corrected chi connectivity index (χ1v) is 6.33. The van der Waals surface area contributed by atoms with Crippen LogP contribution in [-0.2, 0) is 9.59 Å². The molecule has 0 radical (unpaired) electrons. The number of hydrogen-bond donors (Lipinski definition) is 1. The fourth-order valence-electron chi connectivity index (χ4n) is 2.07. The molecule has 1 saturated heterocycles. The van der Waals surface area contributed by atoms with Gasteiger partial charge in [-0.25, -0.2) is 0 Å². The van der Waals surface area contributed by atoms with Crippen LogP contribution in [0.2, 0.25) is 0 Å². The number of carbonyl (C=O) groups excluding carboxylic acids is 2. The molecule has 1 unspecified atom stereocenters. The Morgan fingerprint density at radius 2 is 2.16 bits per heavy atom. The van der Waals surface area contributed by atoms with Crippen LogP contribution in [-0.4, -0.2) is 43.5 Å². The van der Waals surface area contributed by atoms with E-state index >= 15 is 0 Å². The lowest BCUT2D eigenvalue weighted by molar-refractivity contribution is -0.126. The summed E-state index contributed by atoms with van der Waals surface area (Å²) in [6.45, 7) is 1.23. The van der Waals surface area contributed by atoms with Crippen LogP contribution in [0.15, 0.2) is 30.3 Å². The molecule has 5 heteroatoms. The van der Waals surface area contributed by atoms with Gasteiger partial charge in [0.2, 0.25) is 5.91 Å². The summed E-state index contributed by atoms with van der Waals surface area (Å²) in [6, 6.07) is 9.21. The highest BCUT2D eigenvalue weighted by Gasteiger charge is 2.26. The van der Waals surface area contributed by atoms with E-state index in [0.717, 1.165) is 0 Å². The second-order valence-electron chi connectivity index (χ2n) is 4.75. The lowest BCUT2D eigenvalue weighted by Gasteiger charge is -2.11. The van der Waals surface area contributed by atoms with Crippen LogP contribution in [0.5, 0.6) is 5.75 Å². The zero-order valence-corrected chi connectivity index (χ0v) is 11.0. The van der Waals surface area contributed by atoms with Crippen LogP contribution in [0.4, 0.5) is 0 Å². The fourth-order valence-corrected chi connectivity index (χ4v) is 2.07. The van der Waals surface area contributed by atoms with Crippen LogP contribution in [0.1, 0.15) is 6.42 Å². The maximum absolute atomic E-state index is 11.6. The molecule has 0 saturated carbocycles. The van der Waals surface area contributed by atoms with Crippen LogP contribution in [0.25, 0.3) is 0 Å². The van der Waals surface area contributed by atoms with Crippen molar-refractivity contribution in [2.45, 2.75) is 6.42 Å². The van der Waals surface area contributed by atoms with Gasteiger partial charge in [-0.05, 0) is 12.1 Å². The molecule has 2 rings (SSSR count). The molecule has 0 bridgehead atoms. The first-order valence-electron chi connectivity index (χ1n) is 6.33. The summed E-state index contributed by atoms with van der Waals surface area (Å²) in [6.07, 6.45) is 0.510. The summed E-state index contributed by atoms with van der Waals surface area (Å²) < 4.78 is 5.34. The minimum atomic E-state index is -0.161. The molecule has 0 spiro atoms. The Hall–Kier alpha value is -2.04. The van der Waals surface area contributed by atoms with Crippen molar-refractivity contribution in [3.8, 4) is 5.75 Å². The molecule has 1 fully saturated rings. The number of nitrogens with zero attached hydrogens (tertiary/aromatic N) is 1. The largest absolute Gasteiger partial charge is 0.484 e. The molecular formula is C14H18N2O3. The molecule has 102 valence electrons. The smallest absolute Gasteiger partial charge is 0.257 e. The molecular weight excluding hydrogens is 244 g/mol. The average molecular weight is 262 g/mol. The highest BCUT2D eigenvalue weighted by atomic mass is 16.5. The van der Waals surface area contributed by atoms with Crippen molar-refractivity contribution in [1.29, 1.82) is 0 Å². The Kier molecular flexibility index (Phi) is 4.39.